The van der Waals surface area contributed by atoms with Crippen LogP contribution in [0.25, 0.3) is 10.9 Å². The van der Waals surface area contributed by atoms with E-state index in [0.29, 0.717) is 28.5 Å². The molecule has 0 unspecified atom stereocenters. The summed E-state index contributed by atoms with van der Waals surface area (Å²) in [5, 5.41) is 6.82. The van der Waals surface area contributed by atoms with Gasteiger partial charge in [-0.2, -0.15) is 0 Å². The number of halogens is 1. The highest BCUT2D eigenvalue weighted by Gasteiger charge is 2.16. The molecular formula is C23H24ClN3O4. The number of hydrogen-bond donors (Lipinski definition) is 2. The molecule has 0 atom stereocenters. The van der Waals surface area contributed by atoms with Crippen molar-refractivity contribution in [3.63, 3.8) is 0 Å². The highest BCUT2D eigenvalue weighted by Crippen LogP contribution is 2.25. The molecule has 0 saturated heterocycles. The second-order valence-electron chi connectivity index (χ2n) is 7.49. The lowest BCUT2D eigenvalue weighted by atomic mass is 10.1. The van der Waals surface area contributed by atoms with Crippen LogP contribution in [0.15, 0.2) is 42.5 Å². The zero-order valence-corrected chi connectivity index (χ0v) is 18.5. The molecule has 0 aliphatic carbocycles. The molecule has 162 valence electrons. The first kappa shape index (κ1) is 22.4. The normalized spacial score (nSPS) is 10.9. The maximum Gasteiger partial charge on any atom is 0.354 e. The summed E-state index contributed by atoms with van der Waals surface area (Å²) in [4.78, 5) is 36.5. The molecule has 7 nitrogen and oxygen atoms in total. The Morgan fingerprint density at radius 1 is 1.10 bits per heavy atom. The second kappa shape index (κ2) is 9.22. The number of esters is 1. The van der Waals surface area contributed by atoms with E-state index in [2.05, 4.69) is 10.6 Å². The van der Waals surface area contributed by atoms with Crippen LogP contribution in [-0.2, 0) is 23.1 Å². The van der Waals surface area contributed by atoms with Crippen LogP contribution in [0.5, 0.6) is 0 Å². The van der Waals surface area contributed by atoms with Crippen LogP contribution in [0.3, 0.4) is 0 Å². The molecule has 0 saturated carbocycles. The monoisotopic (exact) mass is 441 g/mol. The summed E-state index contributed by atoms with van der Waals surface area (Å²) in [5.41, 5.74) is 2.82. The van der Waals surface area contributed by atoms with Crippen LogP contribution < -0.4 is 10.6 Å². The lowest BCUT2D eigenvalue weighted by Gasteiger charge is -2.11. The molecule has 1 heterocycles. The molecular weight excluding hydrogens is 418 g/mol. The molecule has 0 spiro atoms. The van der Waals surface area contributed by atoms with Crippen LogP contribution in [0.2, 0.25) is 5.02 Å². The third kappa shape index (κ3) is 4.88. The number of benzene rings is 2. The fourth-order valence-corrected chi connectivity index (χ4v) is 3.36. The number of methoxy groups -OCH3 is 1. The minimum absolute atomic E-state index is 0.0665. The molecule has 0 radical (unpaired) electrons. The van der Waals surface area contributed by atoms with Crippen molar-refractivity contribution in [1.82, 2.24) is 9.88 Å². The number of amides is 2. The van der Waals surface area contributed by atoms with E-state index in [1.807, 2.05) is 19.9 Å². The number of nitrogens with one attached hydrogen (secondary N) is 2. The van der Waals surface area contributed by atoms with Gasteiger partial charge in [-0.3, -0.25) is 9.59 Å². The fourth-order valence-electron chi connectivity index (χ4n) is 3.16. The first-order valence-electron chi connectivity index (χ1n) is 9.76. The summed E-state index contributed by atoms with van der Waals surface area (Å²) < 4.78 is 6.51. The third-order valence-corrected chi connectivity index (χ3v) is 5.29. The Balaban J connectivity index is 1.81. The molecule has 3 aromatic rings. The zero-order valence-electron chi connectivity index (χ0n) is 17.8. The van der Waals surface area contributed by atoms with Gasteiger partial charge in [-0.25, -0.2) is 4.79 Å². The van der Waals surface area contributed by atoms with Crippen molar-refractivity contribution in [3.05, 3.63) is 64.3 Å². The summed E-state index contributed by atoms with van der Waals surface area (Å²) >= 11 is 6.24. The van der Waals surface area contributed by atoms with Crippen LogP contribution in [-0.4, -0.2) is 29.5 Å². The van der Waals surface area contributed by atoms with Crippen LogP contribution in [0.1, 0.15) is 40.3 Å². The summed E-state index contributed by atoms with van der Waals surface area (Å²) in [6.45, 7) is 3.93. The summed E-state index contributed by atoms with van der Waals surface area (Å²) in [6, 6.07) is 12.1. The number of rotatable bonds is 6. The van der Waals surface area contributed by atoms with Gasteiger partial charge in [-0.05, 0) is 35.9 Å². The van der Waals surface area contributed by atoms with E-state index in [0.717, 1.165) is 16.5 Å². The van der Waals surface area contributed by atoms with Crippen molar-refractivity contribution in [2.24, 2.45) is 13.0 Å². The van der Waals surface area contributed by atoms with Crippen molar-refractivity contribution < 1.29 is 19.1 Å². The standard InChI is InChI=1S/C23H24ClN3O4/c1-13(2)21(28)25-12-14-5-8-18(24)17(9-14)22(29)26-16-7-6-15-10-20(23(30)31-4)27(3)19(15)11-16/h5-11,13H,12H2,1-4H3,(H,25,28)(H,26,29). The molecule has 31 heavy (non-hydrogen) atoms. The summed E-state index contributed by atoms with van der Waals surface area (Å²) in [5.74, 6) is -0.994. The topological polar surface area (TPSA) is 89.4 Å². The van der Waals surface area contributed by atoms with Crippen molar-refractivity contribution in [2.45, 2.75) is 20.4 Å². The number of fused-ring (bicyclic) bond motifs is 1. The minimum Gasteiger partial charge on any atom is -0.464 e. The Bertz CT molecular complexity index is 1170. The van der Waals surface area contributed by atoms with E-state index in [-0.39, 0.29) is 17.7 Å². The Kier molecular flexibility index (Phi) is 6.65. The molecule has 0 aliphatic heterocycles. The van der Waals surface area contributed by atoms with Gasteiger partial charge < -0.3 is 19.9 Å². The molecule has 0 fully saturated rings. The van der Waals surface area contributed by atoms with E-state index in [9.17, 15) is 14.4 Å². The van der Waals surface area contributed by atoms with Crippen LogP contribution in [0.4, 0.5) is 5.69 Å². The van der Waals surface area contributed by atoms with E-state index in [4.69, 9.17) is 16.3 Å². The van der Waals surface area contributed by atoms with Crippen molar-refractivity contribution in [1.29, 1.82) is 0 Å². The van der Waals surface area contributed by atoms with Gasteiger partial charge in [0.2, 0.25) is 5.91 Å². The molecule has 0 bridgehead atoms. The molecule has 8 heteroatoms. The van der Waals surface area contributed by atoms with E-state index in [1.165, 1.54) is 7.11 Å². The molecule has 1 aromatic heterocycles. The first-order chi connectivity index (χ1) is 14.7. The Morgan fingerprint density at radius 2 is 1.84 bits per heavy atom. The number of carbonyl (C=O) groups is 3. The van der Waals surface area contributed by atoms with Gasteiger partial charge in [0.25, 0.3) is 5.91 Å². The number of ether oxygens (including phenoxy) is 1. The SMILES string of the molecule is COC(=O)c1cc2ccc(NC(=O)c3cc(CNC(=O)C(C)C)ccc3Cl)cc2n1C. The fraction of sp³-hybridized carbons (Fsp3) is 0.261. The number of aromatic nitrogens is 1. The Hall–Kier alpha value is -3.32. The Morgan fingerprint density at radius 3 is 2.52 bits per heavy atom. The van der Waals surface area contributed by atoms with Crippen molar-refractivity contribution in [2.75, 3.05) is 12.4 Å². The smallest absolute Gasteiger partial charge is 0.354 e. The molecule has 3 rings (SSSR count). The highest BCUT2D eigenvalue weighted by atomic mass is 35.5. The van der Waals surface area contributed by atoms with Crippen LogP contribution in [0, 0.1) is 5.92 Å². The van der Waals surface area contributed by atoms with Gasteiger partial charge >= 0.3 is 5.97 Å². The molecule has 2 aromatic carbocycles. The van der Waals surface area contributed by atoms with Gasteiger partial charge in [0.1, 0.15) is 5.69 Å². The maximum atomic E-state index is 12.9. The predicted octanol–water partition coefficient (Wildman–Crippen LogP) is 4.14. The maximum absolute atomic E-state index is 12.9. The molecule has 0 aliphatic rings. The van der Waals surface area contributed by atoms with Crippen molar-refractivity contribution >= 4 is 46.0 Å². The second-order valence-corrected chi connectivity index (χ2v) is 7.90. The number of anilines is 1. The molecule has 2 N–H and O–H groups in total. The lowest BCUT2D eigenvalue weighted by molar-refractivity contribution is -0.124. The first-order valence-corrected chi connectivity index (χ1v) is 10.1. The van der Waals surface area contributed by atoms with Crippen LogP contribution >= 0.6 is 11.6 Å². The average Bonchev–Trinajstić information content (AvgIpc) is 3.08. The number of nitrogens with zero attached hydrogens (tertiary/aromatic N) is 1. The number of hydrogen-bond acceptors (Lipinski definition) is 4. The van der Waals surface area contributed by atoms with Gasteiger partial charge in [-0.1, -0.05) is 37.6 Å². The average molecular weight is 442 g/mol. The van der Waals surface area contributed by atoms with E-state index >= 15 is 0 Å². The largest absolute Gasteiger partial charge is 0.464 e. The van der Waals surface area contributed by atoms with Crippen molar-refractivity contribution in [3.8, 4) is 0 Å². The van der Waals surface area contributed by atoms with Gasteiger partial charge in [0, 0.05) is 30.6 Å². The number of aryl methyl sites for hydroxylation is 1. The zero-order chi connectivity index (χ0) is 22.7. The molecule has 2 amide bonds. The summed E-state index contributed by atoms with van der Waals surface area (Å²) in [6.07, 6.45) is 0. The number of carbonyl (C=O) groups excluding carboxylic acids is 3. The third-order valence-electron chi connectivity index (χ3n) is 4.96. The quantitative estimate of drug-likeness (QED) is 0.562. The van der Waals surface area contributed by atoms with E-state index in [1.54, 1.807) is 48.0 Å². The Labute approximate surface area is 185 Å². The summed E-state index contributed by atoms with van der Waals surface area (Å²) in [7, 11) is 3.09. The van der Waals surface area contributed by atoms with Gasteiger partial charge in [0.05, 0.1) is 23.2 Å². The van der Waals surface area contributed by atoms with Gasteiger partial charge in [-0.15, -0.1) is 0 Å². The van der Waals surface area contributed by atoms with Gasteiger partial charge in [0.15, 0.2) is 0 Å². The predicted molar refractivity (Wildman–Crippen MR) is 120 cm³/mol. The lowest BCUT2D eigenvalue weighted by Crippen LogP contribution is -2.27. The highest BCUT2D eigenvalue weighted by molar-refractivity contribution is 6.34. The van der Waals surface area contributed by atoms with E-state index < -0.39 is 5.97 Å². The minimum atomic E-state index is -0.433.